The molecule has 1 atom stereocenters. The lowest BCUT2D eigenvalue weighted by Crippen LogP contribution is -2.41. The Bertz CT molecular complexity index is 466. The first kappa shape index (κ1) is 17.3. The number of piperidine rings is 1. The molecule has 1 fully saturated rings. The summed E-state index contributed by atoms with van der Waals surface area (Å²) in [7, 11) is 0. The quantitative estimate of drug-likeness (QED) is 0.783. The molecule has 1 aliphatic rings. The normalized spacial score (nSPS) is 19.1. The first-order valence-corrected chi connectivity index (χ1v) is 9.33. The highest BCUT2D eigenvalue weighted by molar-refractivity contribution is 7.98. The van der Waals surface area contributed by atoms with Crippen LogP contribution in [0.4, 0.5) is 4.39 Å². The number of carbonyl (C=O) groups is 1. The molecular formula is C17H25FN2OS. The molecule has 0 radical (unpaired) electrons. The molecule has 1 heterocycles. The van der Waals surface area contributed by atoms with E-state index in [1.54, 1.807) is 0 Å². The average molecular weight is 324 g/mol. The van der Waals surface area contributed by atoms with Gasteiger partial charge in [0.15, 0.2) is 0 Å². The van der Waals surface area contributed by atoms with Crippen LogP contribution in [0.1, 0.15) is 29.6 Å². The van der Waals surface area contributed by atoms with Gasteiger partial charge in [-0.15, -0.1) is 0 Å². The van der Waals surface area contributed by atoms with E-state index in [0.29, 0.717) is 18.0 Å². The Hall–Kier alpha value is -1.07. The van der Waals surface area contributed by atoms with E-state index >= 15 is 0 Å². The maximum Gasteiger partial charge on any atom is 0.251 e. The highest BCUT2D eigenvalue weighted by Gasteiger charge is 2.20. The Morgan fingerprint density at radius 1 is 1.41 bits per heavy atom. The first-order valence-electron chi connectivity index (χ1n) is 7.94. The van der Waals surface area contributed by atoms with Crippen LogP contribution in [0.3, 0.4) is 0 Å². The first-order chi connectivity index (χ1) is 10.7. The van der Waals surface area contributed by atoms with Gasteiger partial charge in [0.25, 0.3) is 5.91 Å². The van der Waals surface area contributed by atoms with Crippen LogP contribution in [-0.4, -0.2) is 49.0 Å². The predicted octanol–water partition coefficient (Wildman–Crippen LogP) is 3.02. The zero-order valence-corrected chi connectivity index (χ0v) is 14.0. The van der Waals surface area contributed by atoms with E-state index < -0.39 is 0 Å². The second-order valence-corrected chi connectivity index (χ2v) is 6.86. The molecule has 2 rings (SSSR count). The fraction of sp³-hybridized carbons (Fsp3) is 0.588. The Morgan fingerprint density at radius 3 is 2.91 bits per heavy atom. The van der Waals surface area contributed by atoms with Crippen LogP contribution in [0.5, 0.6) is 0 Å². The molecule has 0 aliphatic carbocycles. The summed E-state index contributed by atoms with van der Waals surface area (Å²) < 4.78 is 12.9. The molecule has 0 aromatic heterocycles. The number of halogens is 1. The van der Waals surface area contributed by atoms with Crippen molar-refractivity contribution >= 4 is 17.7 Å². The van der Waals surface area contributed by atoms with Gasteiger partial charge in [-0.3, -0.25) is 4.79 Å². The molecule has 3 nitrogen and oxygen atoms in total. The predicted molar refractivity (Wildman–Crippen MR) is 90.9 cm³/mol. The summed E-state index contributed by atoms with van der Waals surface area (Å²) in [6, 6.07) is 5.70. The third-order valence-electron chi connectivity index (χ3n) is 4.08. The van der Waals surface area contributed by atoms with E-state index in [1.807, 2.05) is 11.8 Å². The van der Waals surface area contributed by atoms with Crippen LogP contribution in [-0.2, 0) is 0 Å². The average Bonchev–Trinajstić information content (AvgIpc) is 2.54. The molecule has 0 spiro atoms. The number of nitrogens with one attached hydrogen (secondary N) is 1. The minimum absolute atomic E-state index is 0.112. The number of hydrogen-bond acceptors (Lipinski definition) is 3. The van der Waals surface area contributed by atoms with Crippen LogP contribution in [0.15, 0.2) is 24.3 Å². The van der Waals surface area contributed by atoms with Gasteiger partial charge in [0, 0.05) is 18.7 Å². The second kappa shape index (κ2) is 9.16. The largest absolute Gasteiger partial charge is 0.352 e. The second-order valence-electron chi connectivity index (χ2n) is 5.87. The number of rotatable bonds is 7. The lowest BCUT2D eigenvalue weighted by Gasteiger charge is -2.32. The lowest BCUT2D eigenvalue weighted by atomic mass is 9.97. The third-order valence-corrected chi connectivity index (χ3v) is 4.78. The van der Waals surface area contributed by atoms with E-state index in [-0.39, 0.29) is 11.7 Å². The maximum absolute atomic E-state index is 12.9. The molecule has 1 saturated heterocycles. The number of likely N-dealkylation sites (tertiary alicyclic amines) is 1. The summed E-state index contributed by atoms with van der Waals surface area (Å²) in [6.07, 6.45) is 5.75. The smallest absolute Gasteiger partial charge is 0.251 e. The van der Waals surface area contributed by atoms with Crippen molar-refractivity contribution in [1.29, 1.82) is 0 Å². The lowest BCUT2D eigenvalue weighted by molar-refractivity contribution is 0.0932. The van der Waals surface area contributed by atoms with Crippen molar-refractivity contribution in [3.05, 3.63) is 35.6 Å². The molecule has 22 heavy (non-hydrogen) atoms. The monoisotopic (exact) mass is 324 g/mol. The zero-order valence-electron chi connectivity index (χ0n) is 13.2. The molecule has 5 heteroatoms. The minimum Gasteiger partial charge on any atom is -0.352 e. The standard InChI is InChI=1S/C17H25FN2OS/c1-22-11-3-10-20-9-2-4-14(13-20)12-19-17(21)15-5-7-16(18)8-6-15/h5-8,14H,2-4,9-13H2,1H3,(H,19,21)/t14-/m0/s1. The van der Waals surface area contributed by atoms with Crippen LogP contribution in [0.2, 0.25) is 0 Å². The number of carbonyl (C=O) groups excluding carboxylic acids is 1. The highest BCUT2D eigenvalue weighted by atomic mass is 32.2. The van der Waals surface area contributed by atoms with Crippen molar-refractivity contribution in [3.8, 4) is 0 Å². The Labute approximate surface area is 136 Å². The van der Waals surface area contributed by atoms with Crippen LogP contribution in [0, 0.1) is 11.7 Å². The van der Waals surface area contributed by atoms with Gasteiger partial charge in [-0.1, -0.05) is 0 Å². The van der Waals surface area contributed by atoms with Crippen molar-refractivity contribution in [3.63, 3.8) is 0 Å². The van der Waals surface area contributed by atoms with Crippen molar-refractivity contribution < 1.29 is 9.18 Å². The maximum atomic E-state index is 12.9. The third kappa shape index (κ3) is 5.61. The van der Waals surface area contributed by atoms with Gasteiger partial charge in [0.2, 0.25) is 0 Å². The van der Waals surface area contributed by atoms with Crippen LogP contribution < -0.4 is 5.32 Å². The fourth-order valence-electron chi connectivity index (χ4n) is 2.89. The van der Waals surface area contributed by atoms with Crippen molar-refractivity contribution in [2.45, 2.75) is 19.3 Å². The Morgan fingerprint density at radius 2 is 2.18 bits per heavy atom. The van der Waals surface area contributed by atoms with E-state index in [1.165, 1.54) is 55.8 Å². The number of amides is 1. The van der Waals surface area contributed by atoms with Crippen LogP contribution in [0.25, 0.3) is 0 Å². The Kier molecular flexibility index (Phi) is 7.19. The Balaban J connectivity index is 1.73. The number of thioether (sulfide) groups is 1. The summed E-state index contributed by atoms with van der Waals surface area (Å²) in [5.41, 5.74) is 0.522. The molecule has 1 aliphatic heterocycles. The molecule has 0 unspecified atom stereocenters. The van der Waals surface area contributed by atoms with Crippen LogP contribution >= 0.6 is 11.8 Å². The fourth-order valence-corrected chi connectivity index (χ4v) is 3.31. The van der Waals surface area contributed by atoms with E-state index in [9.17, 15) is 9.18 Å². The molecule has 1 N–H and O–H groups in total. The summed E-state index contributed by atoms with van der Waals surface area (Å²) in [5.74, 6) is 1.30. The van der Waals surface area contributed by atoms with Gasteiger partial charge < -0.3 is 10.2 Å². The minimum atomic E-state index is -0.315. The van der Waals surface area contributed by atoms with E-state index in [0.717, 1.165) is 13.1 Å². The molecule has 122 valence electrons. The molecule has 1 amide bonds. The van der Waals surface area contributed by atoms with Crippen molar-refractivity contribution in [1.82, 2.24) is 10.2 Å². The summed E-state index contributed by atoms with van der Waals surface area (Å²) in [4.78, 5) is 14.5. The molecule has 0 saturated carbocycles. The molecule has 1 aromatic carbocycles. The number of hydrogen-bond donors (Lipinski definition) is 1. The van der Waals surface area contributed by atoms with Crippen molar-refractivity contribution in [2.24, 2.45) is 5.92 Å². The van der Waals surface area contributed by atoms with Gasteiger partial charge in [-0.2, -0.15) is 11.8 Å². The van der Waals surface area contributed by atoms with Gasteiger partial charge in [0.1, 0.15) is 5.82 Å². The summed E-state index contributed by atoms with van der Waals surface area (Å²) in [6.45, 7) is 4.10. The highest BCUT2D eigenvalue weighted by Crippen LogP contribution is 2.16. The van der Waals surface area contributed by atoms with E-state index in [2.05, 4.69) is 16.5 Å². The zero-order chi connectivity index (χ0) is 15.8. The molecule has 0 bridgehead atoms. The van der Waals surface area contributed by atoms with Gasteiger partial charge in [-0.25, -0.2) is 4.39 Å². The molecule has 1 aromatic rings. The molecular weight excluding hydrogens is 299 g/mol. The van der Waals surface area contributed by atoms with Crippen molar-refractivity contribution in [2.75, 3.05) is 38.2 Å². The summed E-state index contributed by atoms with van der Waals surface area (Å²) in [5, 5.41) is 2.98. The summed E-state index contributed by atoms with van der Waals surface area (Å²) >= 11 is 1.89. The van der Waals surface area contributed by atoms with E-state index in [4.69, 9.17) is 0 Å². The van der Waals surface area contributed by atoms with Gasteiger partial charge >= 0.3 is 0 Å². The number of benzene rings is 1. The SMILES string of the molecule is CSCCCN1CCC[C@@H](CNC(=O)c2ccc(F)cc2)C1. The van der Waals surface area contributed by atoms with Gasteiger partial charge in [-0.05, 0) is 74.5 Å². The number of nitrogens with zero attached hydrogens (tertiary/aromatic N) is 1. The van der Waals surface area contributed by atoms with Gasteiger partial charge in [0.05, 0.1) is 0 Å². The topological polar surface area (TPSA) is 32.3 Å².